The van der Waals surface area contributed by atoms with Crippen molar-refractivity contribution in [1.82, 2.24) is 25.3 Å². The molecule has 254 valence electrons. The molecule has 0 saturated carbocycles. The molecule has 2 aromatic rings. The molecule has 3 saturated heterocycles. The summed E-state index contributed by atoms with van der Waals surface area (Å²) in [5.74, 6) is -1.16. The average molecular weight is 646 g/mol. The number of rotatable bonds is 15. The fourth-order valence-electron chi connectivity index (χ4n) is 7.57. The molecule has 3 fully saturated rings. The van der Waals surface area contributed by atoms with Gasteiger partial charge in [-0.25, -0.2) is 0 Å². The average Bonchev–Trinajstić information content (AvgIpc) is 3.76. The molecule has 47 heavy (non-hydrogen) atoms. The molecule has 0 radical (unpaired) electrons. The number of benzene rings is 2. The monoisotopic (exact) mass is 645 g/mol. The summed E-state index contributed by atoms with van der Waals surface area (Å²) >= 11 is 0. The van der Waals surface area contributed by atoms with Gasteiger partial charge in [-0.2, -0.15) is 0 Å². The molecule has 11 heteroatoms. The van der Waals surface area contributed by atoms with E-state index in [1.54, 1.807) is 4.90 Å². The highest BCUT2D eigenvalue weighted by Crippen LogP contribution is 2.33. The van der Waals surface area contributed by atoms with E-state index in [1.807, 2.05) is 72.5 Å². The number of likely N-dealkylation sites (N-methyl/N-ethyl adjacent to an activating group) is 1. The van der Waals surface area contributed by atoms with Crippen molar-refractivity contribution in [3.05, 3.63) is 71.8 Å². The van der Waals surface area contributed by atoms with Crippen molar-refractivity contribution in [2.24, 2.45) is 11.5 Å². The van der Waals surface area contributed by atoms with Crippen molar-refractivity contribution in [3.63, 3.8) is 0 Å². The zero-order chi connectivity index (χ0) is 33.5. The van der Waals surface area contributed by atoms with Gasteiger partial charge in [0, 0.05) is 37.6 Å². The summed E-state index contributed by atoms with van der Waals surface area (Å²) in [6, 6.07) is 16.0. The molecule has 3 aliphatic heterocycles. The van der Waals surface area contributed by atoms with Crippen LogP contribution in [0.3, 0.4) is 0 Å². The lowest BCUT2D eigenvalue weighted by molar-refractivity contribution is -0.147. The van der Waals surface area contributed by atoms with E-state index in [-0.39, 0.29) is 30.3 Å². The maximum absolute atomic E-state index is 14.1. The largest absolute Gasteiger partial charge is 0.343 e. The van der Waals surface area contributed by atoms with Crippen LogP contribution in [-0.2, 0) is 32.0 Å². The summed E-state index contributed by atoms with van der Waals surface area (Å²) in [6.45, 7) is 7.14. The predicted octanol–water partition coefficient (Wildman–Crippen LogP) is 1.19. The van der Waals surface area contributed by atoms with E-state index in [9.17, 15) is 19.2 Å². The molecular weight excluding hydrogens is 594 g/mol. The molecule has 0 aromatic heterocycles. The highest BCUT2D eigenvalue weighted by molar-refractivity contribution is 5.96. The Morgan fingerprint density at radius 2 is 1.55 bits per heavy atom. The summed E-state index contributed by atoms with van der Waals surface area (Å²) in [7, 11) is 0. The molecule has 3 aliphatic rings. The first kappa shape index (κ1) is 34.5. The van der Waals surface area contributed by atoms with Crippen LogP contribution in [0.15, 0.2) is 60.7 Å². The van der Waals surface area contributed by atoms with Crippen molar-refractivity contribution in [3.8, 4) is 0 Å². The predicted molar refractivity (Wildman–Crippen MR) is 181 cm³/mol. The number of nitrogens with two attached hydrogens (primary N) is 2. The Labute approximate surface area is 278 Å². The van der Waals surface area contributed by atoms with E-state index in [1.165, 1.54) is 0 Å². The summed E-state index contributed by atoms with van der Waals surface area (Å²) < 4.78 is 0. The lowest BCUT2D eigenvalue weighted by Crippen LogP contribution is -2.58. The number of unbranched alkanes of at least 4 members (excludes halogenated alkanes) is 1. The van der Waals surface area contributed by atoms with Gasteiger partial charge >= 0.3 is 0 Å². The fraction of sp³-hybridized carbons (Fsp3) is 0.556. The standard InChI is InChI=1S/C36H51N7O4/c1-3-41-22-28-21-27(41)23-42(28)36(47)32(16-10-11-17-37)43-24(2)18-31(35(43)46)40-34(45)30(20-26-14-8-5-9-15-26)39-33(44)29(38)19-25-12-6-4-7-13-25/h4-9,12-15,24,27-32H,3,10-11,16-23,37-38H2,1-2H3,(H,39,44)(H,40,45). The van der Waals surface area contributed by atoms with Gasteiger partial charge in [-0.15, -0.1) is 0 Å². The Balaban J connectivity index is 1.28. The number of likely N-dealkylation sites (tertiary alicyclic amines) is 3. The lowest BCUT2D eigenvalue weighted by Gasteiger charge is -2.39. The number of fused-ring (bicyclic) bond motifs is 2. The highest BCUT2D eigenvalue weighted by atomic mass is 16.2. The summed E-state index contributed by atoms with van der Waals surface area (Å²) in [5.41, 5.74) is 13.8. The van der Waals surface area contributed by atoms with Crippen LogP contribution >= 0.6 is 0 Å². The highest BCUT2D eigenvalue weighted by Gasteiger charge is 2.50. The van der Waals surface area contributed by atoms with E-state index in [2.05, 4.69) is 22.5 Å². The van der Waals surface area contributed by atoms with Crippen LogP contribution < -0.4 is 22.1 Å². The lowest BCUT2D eigenvalue weighted by atomic mass is 10.0. The molecule has 3 heterocycles. The quantitative estimate of drug-likeness (QED) is 0.212. The van der Waals surface area contributed by atoms with Crippen molar-refractivity contribution < 1.29 is 19.2 Å². The van der Waals surface area contributed by atoms with Gasteiger partial charge in [0.15, 0.2) is 0 Å². The van der Waals surface area contributed by atoms with Crippen molar-refractivity contribution in [2.75, 3.05) is 26.2 Å². The second-order valence-corrected chi connectivity index (χ2v) is 13.4. The van der Waals surface area contributed by atoms with Gasteiger partial charge in [-0.3, -0.25) is 24.1 Å². The third-order valence-electron chi connectivity index (χ3n) is 10.1. The Bertz CT molecular complexity index is 1380. The maximum atomic E-state index is 14.1. The van der Waals surface area contributed by atoms with Crippen molar-refractivity contribution in [2.45, 2.75) is 101 Å². The second-order valence-electron chi connectivity index (χ2n) is 13.4. The molecule has 2 aromatic carbocycles. The van der Waals surface area contributed by atoms with Crippen LogP contribution in [0.2, 0.25) is 0 Å². The van der Waals surface area contributed by atoms with Gasteiger partial charge in [-0.1, -0.05) is 67.6 Å². The van der Waals surface area contributed by atoms with Gasteiger partial charge in [0.25, 0.3) is 0 Å². The Hall–Kier alpha value is -3.80. The number of piperazine rings is 1. The Morgan fingerprint density at radius 1 is 0.894 bits per heavy atom. The van der Waals surface area contributed by atoms with Crippen LogP contribution in [0.25, 0.3) is 0 Å². The van der Waals surface area contributed by atoms with Crippen LogP contribution in [0.4, 0.5) is 0 Å². The van der Waals surface area contributed by atoms with Crippen molar-refractivity contribution >= 4 is 23.6 Å². The topological polar surface area (TPSA) is 154 Å². The molecular formula is C36H51N7O4. The van der Waals surface area contributed by atoms with Gasteiger partial charge in [0.05, 0.1) is 6.04 Å². The molecule has 0 spiro atoms. The third kappa shape index (κ3) is 8.20. The van der Waals surface area contributed by atoms with Gasteiger partial charge in [0.1, 0.15) is 18.1 Å². The van der Waals surface area contributed by atoms with E-state index in [0.717, 1.165) is 43.5 Å². The molecule has 7 unspecified atom stereocenters. The van der Waals surface area contributed by atoms with E-state index < -0.39 is 36.0 Å². The summed E-state index contributed by atoms with van der Waals surface area (Å²) in [6.07, 6.45) is 3.95. The maximum Gasteiger partial charge on any atom is 0.246 e. The minimum Gasteiger partial charge on any atom is -0.343 e. The molecule has 2 bridgehead atoms. The number of carbonyl (C=O) groups is 4. The second kappa shape index (κ2) is 15.9. The molecule has 5 rings (SSSR count). The van der Waals surface area contributed by atoms with Gasteiger partial charge < -0.3 is 31.9 Å². The number of carbonyl (C=O) groups excluding carboxylic acids is 4. The molecule has 11 nitrogen and oxygen atoms in total. The Kier molecular flexibility index (Phi) is 11.7. The van der Waals surface area contributed by atoms with Crippen LogP contribution in [0.1, 0.15) is 57.1 Å². The van der Waals surface area contributed by atoms with E-state index >= 15 is 0 Å². The molecule has 4 amide bonds. The van der Waals surface area contributed by atoms with E-state index in [4.69, 9.17) is 11.5 Å². The van der Waals surface area contributed by atoms with Crippen LogP contribution in [0.5, 0.6) is 0 Å². The zero-order valence-electron chi connectivity index (χ0n) is 27.7. The normalized spacial score (nSPS) is 24.3. The van der Waals surface area contributed by atoms with E-state index in [0.29, 0.717) is 38.4 Å². The minimum absolute atomic E-state index is 0.000859. The van der Waals surface area contributed by atoms with Crippen molar-refractivity contribution in [1.29, 1.82) is 0 Å². The van der Waals surface area contributed by atoms with Gasteiger partial charge in [-0.05, 0) is 69.7 Å². The molecule has 0 aliphatic carbocycles. The number of amides is 4. The first-order chi connectivity index (χ1) is 22.7. The summed E-state index contributed by atoms with van der Waals surface area (Å²) in [4.78, 5) is 61.3. The van der Waals surface area contributed by atoms with Crippen LogP contribution in [-0.4, -0.2) is 107 Å². The SMILES string of the molecule is CCN1CC2CC1CN2C(=O)C(CCCCN)N1C(=O)C(NC(=O)C(Cc2ccccc2)NC(=O)C(N)Cc2ccccc2)CC1C. The number of hydrogen-bond acceptors (Lipinski definition) is 7. The fourth-order valence-corrected chi connectivity index (χ4v) is 7.57. The van der Waals surface area contributed by atoms with Crippen LogP contribution in [0, 0.1) is 0 Å². The third-order valence-corrected chi connectivity index (χ3v) is 10.1. The molecule has 6 N–H and O–H groups in total. The number of hydrogen-bond donors (Lipinski definition) is 4. The first-order valence-corrected chi connectivity index (χ1v) is 17.2. The minimum atomic E-state index is -0.937. The smallest absolute Gasteiger partial charge is 0.246 e. The van der Waals surface area contributed by atoms with Gasteiger partial charge in [0.2, 0.25) is 23.6 Å². The zero-order valence-corrected chi connectivity index (χ0v) is 27.7. The number of nitrogens with one attached hydrogen (secondary N) is 2. The summed E-state index contributed by atoms with van der Waals surface area (Å²) in [5, 5.41) is 5.79. The number of nitrogens with zero attached hydrogens (tertiary/aromatic N) is 3. The molecule has 7 atom stereocenters. The first-order valence-electron chi connectivity index (χ1n) is 17.2. The Morgan fingerprint density at radius 3 is 2.15 bits per heavy atom.